The van der Waals surface area contributed by atoms with E-state index < -0.39 is 23.7 Å². The molecule has 0 aliphatic heterocycles. The second kappa shape index (κ2) is 6.56. The van der Waals surface area contributed by atoms with Crippen molar-refractivity contribution in [1.29, 1.82) is 0 Å². The molecule has 0 spiro atoms. The van der Waals surface area contributed by atoms with Gasteiger partial charge in [-0.1, -0.05) is 12.1 Å². The van der Waals surface area contributed by atoms with E-state index in [1.54, 1.807) is 33.8 Å². The van der Waals surface area contributed by atoms with E-state index in [0.29, 0.717) is 11.1 Å². The minimum Gasteiger partial charge on any atom is -0.480 e. The SMILES string of the molecule is Cc1cc(CC(NC(=O)OC(C)(C)C)C(=O)O)ccc1F. The number of alkyl carbamates (subject to hydrolysis) is 1. The highest BCUT2D eigenvalue weighted by Gasteiger charge is 2.24. The first-order valence-corrected chi connectivity index (χ1v) is 6.56. The van der Waals surface area contributed by atoms with Crippen LogP contribution in [-0.4, -0.2) is 28.8 Å². The number of carbonyl (C=O) groups is 2. The molecule has 116 valence electrons. The first-order chi connectivity index (χ1) is 9.58. The molecule has 1 atom stereocenters. The number of amides is 1. The molecule has 0 saturated heterocycles. The van der Waals surface area contributed by atoms with Gasteiger partial charge in [0.1, 0.15) is 17.5 Å². The van der Waals surface area contributed by atoms with Crippen molar-refractivity contribution in [1.82, 2.24) is 5.32 Å². The maximum Gasteiger partial charge on any atom is 0.408 e. The van der Waals surface area contributed by atoms with Crippen LogP contribution in [0, 0.1) is 12.7 Å². The second-order valence-corrected chi connectivity index (χ2v) is 5.82. The fourth-order valence-electron chi connectivity index (χ4n) is 1.72. The summed E-state index contributed by atoms with van der Waals surface area (Å²) in [7, 11) is 0. The average Bonchev–Trinajstić information content (AvgIpc) is 2.30. The molecule has 0 heterocycles. The molecule has 0 fully saturated rings. The molecule has 0 radical (unpaired) electrons. The highest BCUT2D eigenvalue weighted by molar-refractivity contribution is 5.80. The van der Waals surface area contributed by atoms with Crippen LogP contribution >= 0.6 is 0 Å². The Bertz CT molecular complexity index is 537. The second-order valence-electron chi connectivity index (χ2n) is 5.82. The van der Waals surface area contributed by atoms with E-state index >= 15 is 0 Å². The highest BCUT2D eigenvalue weighted by Crippen LogP contribution is 2.12. The molecule has 0 aliphatic carbocycles. The van der Waals surface area contributed by atoms with Gasteiger partial charge in [0.25, 0.3) is 0 Å². The van der Waals surface area contributed by atoms with Crippen molar-refractivity contribution in [3.05, 3.63) is 35.1 Å². The fraction of sp³-hybridized carbons (Fsp3) is 0.467. The van der Waals surface area contributed by atoms with Gasteiger partial charge in [-0.3, -0.25) is 0 Å². The van der Waals surface area contributed by atoms with E-state index in [1.807, 2.05) is 0 Å². The molecule has 6 heteroatoms. The third-order valence-electron chi connectivity index (χ3n) is 2.65. The van der Waals surface area contributed by atoms with Gasteiger partial charge in [0, 0.05) is 6.42 Å². The van der Waals surface area contributed by atoms with Gasteiger partial charge in [-0.2, -0.15) is 0 Å². The molecular weight excluding hydrogens is 277 g/mol. The number of carbonyl (C=O) groups excluding carboxylic acids is 1. The Balaban J connectivity index is 2.76. The minimum absolute atomic E-state index is 0.0513. The molecule has 1 unspecified atom stereocenters. The molecule has 1 amide bonds. The summed E-state index contributed by atoms with van der Waals surface area (Å²) in [6.07, 6.45) is -0.746. The largest absolute Gasteiger partial charge is 0.480 e. The van der Waals surface area contributed by atoms with E-state index in [2.05, 4.69) is 5.32 Å². The highest BCUT2D eigenvalue weighted by atomic mass is 19.1. The zero-order valence-electron chi connectivity index (χ0n) is 12.6. The maximum atomic E-state index is 13.2. The molecule has 5 nitrogen and oxygen atoms in total. The number of rotatable bonds is 4. The van der Waals surface area contributed by atoms with Crippen LogP contribution in [0.2, 0.25) is 0 Å². The Kier molecular flexibility index (Phi) is 5.29. The first-order valence-electron chi connectivity index (χ1n) is 6.56. The average molecular weight is 297 g/mol. The van der Waals surface area contributed by atoms with Crippen molar-refractivity contribution in [2.45, 2.75) is 45.8 Å². The summed E-state index contributed by atoms with van der Waals surface area (Å²) in [5.41, 5.74) is 0.339. The van der Waals surface area contributed by atoms with E-state index in [1.165, 1.54) is 12.1 Å². The third-order valence-corrected chi connectivity index (χ3v) is 2.65. The smallest absolute Gasteiger partial charge is 0.408 e. The number of hydrogen-bond donors (Lipinski definition) is 2. The molecule has 0 aliphatic rings. The van der Waals surface area contributed by atoms with Crippen LogP contribution in [0.25, 0.3) is 0 Å². The lowest BCUT2D eigenvalue weighted by atomic mass is 10.0. The van der Waals surface area contributed by atoms with Crippen LogP contribution in [0.1, 0.15) is 31.9 Å². The van der Waals surface area contributed by atoms with Gasteiger partial charge in [0.05, 0.1) is 0 Å². The van der Waals surface area contributed by atoms with Crippen molar-refractivity contribution >= 4 is 12.1 Å². The number of carboxylic acid groups (broad SMARTS) is 1. The standard InChI is InChI=1S/C15H20FNO4/c1-9-7-10(5-6-11(9)16)8-12(13(18)19)17-14(20)21-15(2,3)4/h5-7,12H,8H2,1-4H3,(H,17,20)(H,18,19). The lowest BCUT2D eigenvalue weighted by Crippen LogP contribution is -2.44. The van der Waals surface area contributed by atoms with Crippen LogP contribution in [0.4, 0.5) is 9.18 Å². The molecule has 0 saturated carbocycles. The van der Waals surface area contributed by atoms with Crippen LogP contribution in [0.3, 0.4) is 0 Å². The van der Waals surface area contributed by atoms with E-state index in [4.69, 9.17) is 9.84 Å². The molecule has 21 heavy (non-hydrogen) atoms. The zero-order valence-corrected chi connectivity index (χ0v) is 12.6. The molecule has 1 rings (SSSR count). The van der Waals surface area contributed by atoms with Gasteiger partial charge in [-0.25, -0.2) is 14.0 Å². The van der Waals surface area contributed by atoms with Crippen molar-refractivity contribution in [3.8, 4) is 0 Å². The third kappa shape index (κ3) is 5.81. The van der Waals surface area contributed by atoms with Crippen LogP contribution in [0.5, 0.6) is 0 Å². The molecule has 2 N–H and O–H groups in total. The van der Waals surface area contributed by atoms with Gasteiger partial charge < -0.3 is 15.2 Å². The molecular formula is C15H20FNO4. The van der Waals surface area contributed by atoms with Gasteiger partial charge in [-0.05, 0) is 44.9 Å². The summed E-state index contributed by atoms with van der Waals surface area (Å²) < 4.78 is 18.2. The Labute approximate surface area is 123 Å². The Morgan fingerprint density at radius 1 is 1.38 bits per heavy atom. The number of benzene rings is 1. The van der Waals surface area contributed by atoms with Gasteiger partial charge >= 0.3 is 12.1 Å². The Morgan fingerprint density at radius 2 is 2.00 bits per heavy atom. The predicted molar refractivity (Wildman–Crippen MR) is 75.6 cm³/mol. The van der Waals surface area contributed by atoms with Crippen molar-refractivity contribution in [2.75, 3.05) is 0 Å². The summed E-state index contributed by atoms with van der Waals surface area (Å²) in [6.45, 7) is 6.65. The summed E-state index contributed by atoms with van der Waals surface area (Å²) >= 11 is 0. The number of halogens is 1. The zero-order chi connectivity index (χ0) is 16.2. The normalized spacial score (nSPS) is 12.6. The molecule has 0 bridgehead atoms. The first kappa shape index (κ1) is 16.9. The Hall–Kier alpha value is -2.11. The summed E-state index contributed by atoms with van der Waals surface area (Å²) in [4.78, 5) is 22.8. The number of aliphatic carboxylic acids is 1. The maximum absolute atomic E-state index is 13.2. The Morgan fingerprint density at radius 3 is 2.48 bits per heavy atom. The summed E-state index contributed by atoms with van der Waals surface area (Å²) in [6, 6.07) is 3.19. The van der Waals surface area contributed by atoms with Crippen LogP contribution in [-0.2, 0) is 16.0 Å². The van der Waals surface area contributed by atoms with Gasteiger partial charge in [-0.15, -0.1) is 0 Å². The number of hydrogen-bond acceptors (Lipinski definition) is 3. The number of nitrogens with one attached hydrogen (secondary N) is 1. The number of carboxylic acids is 1. The fourth-order valence-corrected chi connectivity index (χ4v) is 1.72. The van der Waals surface area contributed by atoms with E-state index in [0.717, 1.165) is 0 Å². The van der Waals surface area contributed by atoms with E-state index in [-0.39, 0.29) is 12.2 Å². The monoisotopic (exact) mass is 297 g/mol. The molecule has 1 aromatic rings. The van der Waals surface area contributed by atoms with E-state index in [9.17, 15) is 14.0 Å². The minimum atomic E-state index is -1.18. The molecule has 0 aromatic heterocycles. The van der Waals surface area contributed by atoms with Gasteiger partial charge in [0.15, 0.2) is 0 Å². The van der Waals surface area contributed by atoms with Crippen LogP contribution < -0.4 is 5.32 Å². The predicted octanol–water partition coefficient (Wildman–Crippen LogP) is 2.65. The summed E-state index contributed by atoms with van der Waals surface area (Å²) in [5.74, 6) is -1.53. The van der Waals surface area contributed by atoms with Crippen LogP contribution in [0.15, 0.2) is 18.2 Å². The van der Waals surface area contributed by atoms with Crippen molar-refractivity contribution < 1.29 is 23.8 Å². The summed E-state index contributed by atoms with van der Waals surface area (Å²) in [5, 5.41) is 11.5. The number of ether oxygens (including phenoxy) is 1. The lowest BCUT2D eigenvalue weighted by Gasteiger charge is -2.22. The van der Waals surface area contributed by atoms with Crippen molar-refractivity contribution in [3.63, 3.8) is 0 Å². The quantitative estimate of drug-likeness (QED) is 0.896. The van der Waals surface area contributed by atoms with Crippen molar-refractivity contribution in [2.24, 2.45) is 0 Å². The lowest BCUT2D eigenvalue weighted by molar-refractivity contribution is -0.139. The van der Waals surface area contributed by atoms with Gasteiger partial charge in [0.2, 0.25) is 0 Å². The molecule has 1 aromatic carbocycles. The topological polar surface area (TPSA) is 75.6 Å². The number of aryl methyl sites for hydroxylation is 1.